The minimum Gasteiger partial charge on any atom is -0.465 e. The summed E-state index contributed by atoms with van der Waals surface area (Å²) in [4.78, 5) is 24.2. The Labute approximate surface area is 139 Å². The molecule has 0 heterocycles. The topological polar surface area (TPSA) is 93.1 Å². The fourth-order valence-electron chi connectivity index (χ4n) is 2.06. The van der Waals surface area contributed by atoms with Gasteiger partial charge in [-0.1, -0.05) is 52.4 Å². The van der Waals surface area contributed by atoms with E-state index in [4.69, 9.17) is 9.47 Å². The summed E-state index contributed by atoms with van der Waals surface area (Å²) in [6.45, 7) is 2.83. The highest BCUT2D eigenvalue weighted by Gasteiger charge is 2.48. The maximum Gasteiger partial charge on any atom is 0.328 e. The number of aliphatic hydroxyl groups excluding tert-OH is 2. The van der Waals surface area contributed by atoms with E-state index in [1.165, 1.54) is 0 Å². The van der Waals surface area contributed by atoms with Crippen molar-refractivity contribution >= 4 is 11.9 Å². The summed E-state index contributed by atoms with van der Waals surface area (Å²) in [5.74, 6) is -1.84. The maximum absolute atomic E-state index is 12.1. The highest BCUT2D eigenvalue weighted by atomic mass is 16.6. The molecule has 0 saturated carbocycles. The van der Waals surface area contributed by atoms with Crippen molar-refractivity contribution in [3.05, 3.63) is 0 Å². The van der Waals surface area contributed by atoms with Crippen LogP contribution in [0.1, 0.15) is 65.2 Å². The van der Waals surface area contributed by atoms with Gasteiger partial charge in [0.25, 0.3) is 0 Å². The lowest BCUT2D eigenvalue weighted by Crippen LogP contribution is -2.48. The number of carbonyl (C=O) groups is 2. The first-order chi connectivity index (χ1) is 11.1. The average Bonchev–Trinajstić information content (AvgIpc) is 2.56. The molecule has 0 spiro atoms. The van der Waals surface area contributed by atoms with Crippen LogP contribution in [0.5, 0.6) is 0 Å². The van der Waals surface area contributed by atoms with Gasteiger partial charge in [-0.3, -0.25) is 9.59 Å². The number of esters is 2. The Bertz CT molecular complexity index is 297. The molecule has 6 heteroatoms. The molecule has 6 nitrogen and oxygen atoms in total. The maximum atomic E-state index is 12.1. The van der Waals surface area contributed by atoms with Crippen molar-refractivity contribution in [2.75, 3.05) is 26.4 Å². The number of ether oxygens (including phenoxy) is 2. The van der Waals surface area contributed by atoms with E-state index < -0.39 is 30.6 Å². The van der Waals surface area contributed by atoms with E-state index in [1.807, 2.05) is 0 Å². The van der Waals surface area contributed by atoms with Crippen molar-refractivity contribution in [3.63, 3.8) is 0 Å². The Kier molecular flexibility index (Phi) is 12.7. The van der Waals surface area contributed by atoms with E-state index in [9.17, 15) is 19.8 Å². The Balaban J connectivity index is 4.39. The van der Waals surface area contributed by atoms with Crippen LogP contribution in [0.15, 0.2) is 0 Å². The van der Waals surface area contributed by atoms with Crippen molar-refractivity contribution in [1.82, 2.24) is 0 Å². The quantitative estimate of drug-likeness (QED) is 0.288. The number of carbonyl (C=O) groups excluding carboxylic acids is 2. The molecule has 0 aliphatic rings. The van der Waals surface area contributed by atoms with Gasteiger partial charge in [0.1, 0.15) is 0 Å². The minimum atomic E-state index is -2.02. The van der Waals surface area contributed by atoms with E-state index in [0.29, 0.717) is 12.8 Å². The van der Waals surface area contributed by atoms with E-state index in [2.05, 4.69) is 13.8 Å². The van der Waals surface area contributed by atoms with E-state index >= 15 is 0 Å². The third-order valence-electron chi connectivity index (χ3n) is 3.78. The van der Waals surface area contributed by atoms with Gasteiger partial charge in [0.15, 0.2) is 0 Å². The lowest BCUT2D eigenvalue weighted by atomic mass is 9.90. The molecule has 0 aromatic rings. The molecule has 0 atom stereocenters. The van der Waals surface area contributed by atoms with Crippen molar-refractivity contribution in [2.24, 2.45) is 5.41 Å². The van der Waals surface area contributed by atoms with Crippen LogP contribution in [-0.4, -0.2) is 48.6 Å². The van der Waals surface area contributed by atoms with Crippen LogP contribution in [0.4, 0.5) is 0 Å². The lowest BCUT2D eigenvalue weighted by Gasteiger charge is -2.25. The van der Waals surface area contributed by atoms with E-state index in [-0.39, 0.29) is 13.2 Å². The first-order valence-electron chi connectivity index (χ1n) is 8.65. The molecule has 0 saturated heterocycles. The Morgan fingerprint density at radius 1 is 0.739 bits per heavy atom. The Morgan fingerprint density at radius 2 is 1.13 bits per heavy atom. The van der Waals surface area contributed by atoms with Gasteiger partial charge in [-0.2, -0.15) is 0 Å². The summed E-state index contributed by atoms with van der Waals surface area (Å²) < 4.78 is 10.1. The number of hydrogen-bond donors (Lipinski definition) is 2. The van der Waals surface area contributed by atoms with Crippen molar-refractivity contribution < 1.29 is 29.3 Å². The largest absolute Gasteiger partial charge is 0.465 e. The molecule has 0 radical (unpaired) electrons. The van der Waals surface area contributed by atoms with Crippen LogP contribution in [0.25, 0.3) is 0 Å². The highest BCUT2D eigenvalue weighted by Crippen LogP contribution is 2.21. The fraction of sp³-hybridized carbons (Fsp3) is 0.882. The second-order valence-electron chi connectivity index (χ2n) is 5.79. The van der Waals surface area contributed by atoms with Gasteiger partial charge in [0.2, 0.25) is 5.41 Å². The summed E-state index contributed by atoms with van der Waals surface area (Å²) in [7, 11) is 0. The Hall–Kier alpha value is -1.14. The van der Waals surface area contributed by atoms with Crippen LogP contribution >= 0.6 is 0 Å². The van der Waals surface area contributed by atoms with Crippen molar-refractivity contribution in [1.29, 1.82) is 0 Å². The monoisotopic (exact) mass is 332 g/mol. The van der Waals surface area contributed by atoms with Gasteiger partial charge in [0, 0.05) is 0 Å². The molecular weight excluding hydrogens is 300 g/mol. The summed E-state index contributed by atoms with van der Waals surface area (Å²) in [6, 6.07) is 0. The molecule has 23 heavy (non-hydrogen) atoms. The predicted molar refractivity (Wildman–Crippen MR) is 86.8 cm³/mol. The first-order valence-corrected chi connectivity index (χ1v) is 8.65. The van der Waals surface area contributed by atoms with Crippen LogP contribution in [-0.2, 0) is 19.1 Å². The molecule has 0 unspecified atom stereocenters. The number of rotatable bonds is 14. The van der Waals surface area contributed by atoms with Crippen LogP contribution in [0, 0.1) is 5.41 Å². The molecule has 0 bridgehead atoms. The molecule has 0 amide bonds. The fourth-order valence-corrected chi connectivity index (χ4v) is 2.06. The molecule has 0 aliphatic carbocycles. The van der Waals surface area contributed by atoms with Gasteiger partial charge < -0.3 is 19.7 Å². The summed E-state index contributed by atoms with van der Waals surface area (Å²) in [6.07, 6.45) is 7.46. The molecule has 0 aromatic carbocycles. The van der Waals surface area contributed by atoms with Crippen LogP contribution in [0.2, 0.25) is 0 Å². The Morgan fingerprint density at radius 3 is 1.43 bits per heavy atom. The zero-order valence-electron chi connectivity index (χ0n) is 14.5. The van der Waals surface area contributed by atoms with Gasteiger partial charge in [-0.05, 0) is 12.8 Å². The third-order valence-corrected chi connectivity index (χ3v) is 3.78. The predicted octanol–water partition coefficient (Wildman–Crippen LogP) is 2.20. The molecule has 136 valence electrons. The van der Waals surface area contributed by atoms with E-state index in [0.717, 1.165) is 38.5 Å². The highest BCUT2D eigenvalue weighted by molar-refractivity contribution is 6.00. The number of hydrogen-bond acceptors (Lipinski definition) is 6. The second-order valence-corrected chi connectivity index (χ2v) is 5.79. The third kappa shape index (κ3) is 7.79. The summed E-state index contributed by atoms with van der Waals surface area (Å²) >= 11 is 0. The molecular formula is C17H32O6. The normalized spacial score (nSPS) is 11.3. The average molecular weight is 332 g/mol. The lowest BCUT2D eigenvalue weighted by molar-refractivity contribution is -0.179. The molecule has 0 aromatic heterocycles. The van der Waals surface area contributed by atoms with E-state index in [1.54, 1.807) is 0 Å². The van der Waals surface area contributed by atoms with Gasteiger partial charge in [-0.25, -0.2) is 0 Å². The van der Waals surface area contributed by atoms with Crippen LogP contribution < -0.4 is 0 Å². The van der Waals surface area contributed by atoms with Crippen molar-refractivity contribution in [2.45, 2.75) is 65.2 Å². The molecule has 0 aliphatic heterocycles. The molecule has 0 fully saturated rings. The SMILES string of the molecule is CCCCCCOC(=O)C(CO)(CO)C(=O)OCCCCCC. The van der Waals surface area contributed by atoms with Gasteiger partial charge in [-0.15, -0.1) is 0 Å². The number of aliphatic hydroxyl groups is 2. The van der Waals surface area contributed by atoms with Gasteiger partial charge in [0.05, 0.1) is 26.4 Å². The summed E-state index contributed by atoms with van der Waals surface area (Å²) in [5.41, 5.74) is -2.02. The smallest absolute Gasteiger partial charge is 0.328 e. The van der Waals surface area contributed by atoms with Crippen LogP contribution in [0.3, 0.4) is 0 Å². The van der Waals surface area contributed by atoms with Crippen molar-refractivity contribution in [3.8, 4) is 0 Å². The minimum absolute atomic E-state index is 0.171. The number of unbranched alkanes of at least 4 members (excludes halogenated alkanes) is 6. The zero-order chi connectivity index (χ0) is 17.6. The molecule has 0 rings (SSSR count). The molecule has 2 N–H and O–H groups in total. The zero-order valence-corrected chi connectivity index (χ0v) is 14.5. The first kappa shape index (κ1) is 21.9. The second kappa shape index (κ2) is 13.3. The van der Waals surface area contributed by atoms with Gasteiger partial charge >= 0.3 is 11.9 Å². The summed E-state index contributed by atoms with van der Waals surface area (Å²) in [5, 5.41) is 18.9. The standard InChI is InChI=1S/C17H32O6/c1-3-5-7-9-11-22-15(20)17(13-18,14-19)16(21)23-12-10-8-6-4-2/h18-19H,3-14H2,1-2H3.